The molecule has 1 unspecified atom stereocenters. The number of amides is 1. The summed E-state index contributed by atoms with van der Waals surface area (Å²) in [7, 11) is 0. The maximum Gasteiger partial charge on any atom is 0.308 e. The van der Waals surface area contributed by atoms with Gasteiger partial charge in [0.1, 0.15) is 0 Å². The van der Waals surface area contributed by atoms with Crippen LogP contribution in [-0.4, -0.2) is 45.2 Å². The van der Waals surface area contributed by atoms with Crippen LogP contribution in [0, 0.1) is 12.8 Å². The van der Waals surface area contributed by atoms with E-state index in [1.807, 2.05) is 6.92 Å². The number of likely N-dealkylation sites (tertiary alicyclic amines) is 1. The summed E-state index contributed by atoms with van der Waals surface area (Å²) in [6, 6.07) is 1.72. The molecule has 0 aliphatic carbocycles. The lowest BCUT2D eigenvalue weighted by atomic mass is 10.1. The van der Waals surface area contributed by atoms with Crippen molar-refractivity contribution in [3.05, 3.63) is 23.0 Å². The topological polar surface area (TPSA) is 83.4 Å². The van der Waals surface area contributed by atoms with Crippen LogP contribution in [0.1, 0.15) is 35.1 Å². The Morgan fingerprint density at radius 3 is 2.79 bits per heavy atom. The number of hydrogen-bond acceptors (Lipinski definition) is 4. The Labute approximate surface area is 111 Å². The van der Waals surface area contributed by atoms with Crippen LogP contribution in [-0.2, 0) is 11.2 Å². The van der Waals surface area contributed by atoms with Crippen LogP contribution in [0.5, 0.6) is 0 Å². The zero-order valence-electron chi connectivity index (χ0n) is 11.1. The van der Waals surface area contributed by atoms with Crippen molar-refractivity contribution in [1.82, 2.24) is 15.1 Å². The molecule has 1 aliphatic heterocycles. The van der Waals surface area contributed by atoms with Crippen LogP contribution in [0.15, 0.2) is 6.07 Å². The number of aliphatic carboxylic acids is 1. The molecule has 2 rings (SSSR count). The van der Waals surface area contributed by atoms with Gasteiger partial charge in [-0.3, -0.25) is 9.59 Å². The summed E-state index contributed by atoms with van der Waals surface area (Å²) in [5.41, 5.74) is 1.89. The first-order chi connectivity index (χ1) is 9.02. The highest BCUT2D eigenvalue weighted by Crippen LogP contribution is 2.20. The molecular weight excluding hydrogens is 246 g/mol. The minimum atomic E-state index is -0.838. The quantitative estimate of drug-likeness (QED) is 0.875. The molecule has 0 saturated carbocycles. The Morgan fingerprint density at radius 2 is 2.21 bits per heavy atom. The Kier molecular flexibility index (Phi) is 3.78. The predicted octanol–water partition coefficient (Wildman–Crippen LogP) is 0.894. The fourth-order valence-corrected chi connectivity index (χ4v) is 2.28. The standard InChI is InChI=1S/C13H17N3O3/c1-3-11-10(6-8(2)14-15-11)12(17)16-5-4-9(7-16)13(18)19/h6,9H,3-5,7H2,1-2H3,(H,18,19). The molecule has 6 nitrogen and oxygen atoms in total. The number of nitrogens with zero attached hydrogens (tertiary/aromatic N) is 3. The van der Waals surface area contributed by atoms with E-state index in [1.54, 1.807) is 17.9 Å². The molecule has 1 N–H and O–H groups in total. The van der Waals surface area contributed by atoms with Crippen LogP contribution >= 0.6 is 0 Å². The van der Waals surface area contributed by atoms with Crippen molar-refractivity contribution in [2.75, 3.05) is 13.1 Å². The molecule has 19 heavy (non-hydrogen) atoms. The van der Waals surface area contributed by atoms with Gasteiger partial charge >= 0.3 is 5.97 Å². The third kappa shape index (κ3) is 2.72. The first-order valence-corrected chi connectivity index (χ1v) is 6.38. The van der Waals surface area contributed by atoms with Gasteiger partial charge in [0.05, 0.1) is 22.9 Å². The number of rotatable bonds is 3. The second-order valence-corrected chi connectivity index (χ2v) is 4.77. The molecule has 0 aromatic carbocycles. The monoisotopic (exact) mass is 263 g/mol. The molecule has 6 heteroatoms. The Bertz CT molecular complexity index is 516. The Hall–Kier alpha value is -1.98. The molecule has 1 aliphatic rings. The summed E-state index contributed by atoms with van der Waals surface area (Å²) in [6.07, 6.45) is 1.14. The summed E-state index contributed by atoms with van der Waals surface area (Å²) < 4.78 is 0. The van der Waals surface area contributed by atoms with E-state index >= 15 is 0 Å². The second kappa shape index (κ2) is 5.34. The Balaban J connectivity index is 2.21. The van der Waals surface area contributed by atoms with E-state index < -0.39 is 11.9 Å². The number of carboxylic acid groups (broad SMARTS) is 1. The van der Waals surface area contributed by atoms with Crippen LogP contribution < -0.4 is 0 Å². The van der Waals surface area contributed by atoms with E-state index in [0.29, 0.717) is 36.3 Å². The van der Waals surface area contributed by atoms with Gasteiger partial charge in [-0.2, -0.15) is 10.2 Å². The van der Waals surface area contributed by atoms with E-state index in [2.05, 4.69) is 10.2 Å². The molecule has 0 radical (unpaired) electrons. The largest absolute Gasteiger partial charge is 0.481 e. The molecule has 102 valence electrons. The molecule has 2 heterocycles. The highest BCUT2D eigenvalue weighted by atomic mass is 16.4. The second-order valence-electron chi connectivity index (χ2n) is 4.77. The van der Waals surface area contributed by atoms with E-state index in [9.17, 15) is 9.59 Å². The van der Waals surface area contributed by atoms with Gasteiger partial charge in [0.15, 0.2) is 0 Å². The van der Waals surface area contributed by atoms with Gasteiger partial charge in [-0.05, 0) is 25.8 Å². The third-order valence-electron chi connectivity index (χ3n) is 3.38. The summed E-state index contributed by atoms with van der Waals surface area (Å²) in [5.74, 6) is -1.43. The van der Waals surface area contributed by atoms with Crippen molar-refractivity contribution in [2.24, 2.45) is 5.92 Å². The molecule has 0 bridgehead atoms. The predicted molar refractivity (Wildman–Crippen MR) is 67.8 cm³/mol. The van der Waals surface area contributed by atoms with E-state index in [1.165, 1.54) is 0 Å². The number of hydrogen-bond donors (Lipinski definition) is 1. The number of aryl methyl sites for hydroxylation is 2. The highest BCUT2D eigenvalue weighted by molar-refractivity contribution is 5.95. The van der Waals surface area contributed by atoms with Gasteiger partial charge in [-0.1, -0.05) is 6.92 Å². The van der Waals surface area contributed by atoms with Crippen LogP contribution in [0.25, 0.3) is 0 Å². The number of carbonyl (C=O) groups excluding carboxylic acids is 1. The minimum absolute atomic E-state index is 0.140. The van der Waals surface area contributed by atoms with Crippen molar-refractivity contribution in [3.63, 3.8) is 0 Å². The number of aromatic nitrogens is 2. The molecule has 1 aromatic rings. The molecule has 1 aromatic heterocycles. The first-order valence-electron chi connectivity index (χ1n) is 6.38. The van der Waals surface area contributed by atoms with Crippen LogP contribution in [0.4, 0.5) is 0 Å². The number of carbonyl (C=O) groups is 2. The van der Waals surface area contributed by atoms with Gasteiger partial charge in [0.25, 0.3) is 5.91 Å². The summed E-state index contributed by atoms with van der Waals surface area (Å²) in [6.45, 7) is 4.46. The smallest absolute Gasteiger partial charge is 0.308 e. The normalized spacial score (nSPS) is 18.6. The van der Waals surface area contributed by atoms with Gasteiger partial charge < -0.3 is 10.0 Å². The average Bonchev–Trinajstić information content (AvgIpc) is 2.87. The lowest BCUT2D eigenvalue weighted by Gasteiger charge is -2.17. The van der Waals surface area contributed by atoms with Gasteiger partial charge in [-0.25, -0.2) is 0 Å². The number of carboxylic acids is 1. The lowest BCUT2D eigenvalue weighted by molar-refractivity contribution is -0.141. The molecule has 1 amide bonds. The van der Waals surface area contributed by atoms with Crippen molar-refractivity contribution >= 4 is 11.9 Å². The zero-order chi connectivity index (χ0) is 14.0. The maximum absolute atomic E-state index is 12.4. The summed E-state index contributed by atoms with van der Waals surface area (Å²) in [5, 5.41) is 16.9. The van der Waals surface area contributed by atoms with Crippen LogP contribution in [0.3, 0.4) is 0 Å². The average molecular weight is 263 g/mol. The van der Waals surface area contributed by atoms with E-state index in [-0.39, 0.29) is 12.5 Å². The minimum Gasteiger partial charge on any atom is -0.481 e. The van der Waals surface area contributed by atoms with Crippen molar-refractivity contribution < 1.29 is 14.7 Å². The van der Waals surface area contributed by atoms with Gasteiger partial charge in [-0.15, -0.1) is 0 Å². The van der Waals surface area contributed by atoms with Crippen molar-refractivity contribution in [3.8, 4) is 0 Å². The van der Waals surface area contributed by atoms with Crippen molar-refractivity contribution in [1.29, 1.82) is 0 Å². The van der Waals surface area contributed by atoms with Crippen molar-refractivity contribution in [2.45, 2.75) is 26.7 Å². The Morgan fingerprint density at radius 1 is 1.47 bits per heavy atom. The molecule has 0 spiro atoms. The lowest BCUT2D eigenvalue weighted by Crippen LogP contribution is -2.31. The van der Waals surface area contributed by atoms with E-state index in [4.69, 9.17) is 5.11 Å². The summed E-state index contributed by atoms with van der Waals surface area (Å²) >= 11 is 0. The SMILES string of the molecule is CCc1nnc(C)cc1C(=O)N1CCC(C(=O)O)C1. The molecule has 1 atom stereocenters. The van der Waals surface area contributed by atoms with Gasteiger partial charge in [0, 0.05) is 13.1 Å². The fraction of sp³-hybridized carbons (Fsp3) is 0.538. The zero-order valence-corrected chi connectivity index (χ0v) is 11.1. The summed E-state index contributed by atoms with van der Waals surface area (Å²) in [4.78, 5) is 24.9. The van der Waals surface area contributed by atoms with Gasteiger partial charge in [0.2, 0.25) is 0 Å². The highest BCUT2D eigenvalue weighted by Gasteiger charge is 2.32. The fourth-order valence-electron chi connectivity index (χ4n) is 2.28. The van der Waals surface area contributed by atoms with E-state index in [0.717, 1.165) is 0 Å². The molecule has 1 fully saturated rings. The molecule has 1 saturated heterocycles. The maximum atomic E-state index is 12.4. The molecular formula is C13H17N3O3. The first kappa shape index (κ1) is 13.5. The van der Waals surface area contributed by atoms with Crippen LogP contribution in [0.2, 0.25) is 0 Å². The third-order valence-corrected chi connectivity index (χ3v) is 3.38.